The number of allylic oxidation sites excluding steroid dienone is 1. The summed E-state index contributed by atoms with van der Waals surface area (Å²) in [4.78, 5) is 0. The number of hydrogen-bond donors (Lipinski definition) is 0. The molecule has 0 nitrogen and oxygen atoms in total. The second-order valence-corrected chi connectivity index (χ2v) is 6.85. The third-order valence-corrected chi connectivity index (χ3v) is 5.61. The van der Waals surface area contributed by atoms with E-state index >= 15 is 0 Å². The summed E-state index contributed by atoms with van der Waals surface area (Å²) in [6.45, 7) is 6.28. The molecule has 18 heavy (non-hydrogen) atoms. The Hall–Kier alpha value is -0.260. The Bertz CT molecular complexity index is 234. The molecule has 2 aliphatic rings. The predicted molar refractivity (Wildman–Crippen MR) is 80.6 cm³/mol. The Labute approximate surface area is 114 Å². The van der Waals surface area contributed by atoms with Gasteiger partial charge in [-0.05, 0) is 62.2 Å². The van der Waals surface area contributed by atoms with Crippen LogP contribution in [0.25, 0.3) is 0 Å². The lowest BCUT2D eigenvalue weighted by Crippen LogP contribution is -2.19. The van der Waals surface area contributed by atoms with Crippen molar-refractivity contribution < 1.29 is 0 Å². The van der Waals surface area contributed by atoms with Crippen molar-refractivity contribution in [2.75, 3.05) is 0 Å². The highest BCUT2D eigenvalue weighted by Gasteiger charge is 2.32. The molecule has 0 bridgehead atoms. The zero-order valence-electron chi connectivity index (χ0n) is 12.4. The fourth-order valence-corrected chi connectivity index (χ4v) is 4.34. The first-order valence-electron chi connectivity index (χ1n) is 8.46. The largest absolute Gasteiger partial charge is 0.103 e. The normalized spacial score (nSPS) is 36.7. The minimum atomic E-state index is 0.836. The van der Waals surface area contributed by atoms with Crippen molar-refractivity contribution in [3.05, 3.63) is 12.7 Å². The molecule has 0 spiro atoms. The van der Waals surface area contributed by atoms with E-state index in [1.165, 1.54) is 57.8 Å². The van der Waals surface area contributed by atoms with Gasteiger partial charge in [-0.3, -0.25) is 0 Å². The average molecular weight is 248 g/mol. The maximum atomic E-state index is 3.96. The first kappa shape index (κ1) is 14.2. The van der Waals surface area contributed by atoms with Gasteiger partial charge in [0.15, 0.2) is 0 Å². The maximum absolute atomic E-state index is 3.96. The van der Waals surface area contributed by atoms with Crippen LogP contribution < -0.4 is 0 Å². The van der Waals surface area contributed by atoms with Crippen molar-refractivity contribution in [3.63, 3.8) is 0 Å². The molecule has 0 radical (unpaired) electrons. The van der Waals surface area contributed by atoms with E-state index in [4.69, 9.17) is 0 Å². The average Bonchev–Trinajstić information content (AvgIpc) is 2.88. The molecular formula is C18H32. The summed E-state index contributed by atoms with van der Waals surface area (Å²) in [6, 6.07) is 0. The quantitative estimate of drug-likeness (QED) is 0.401. The molecule has 0 aromatic carbocycles. The lowest BCUT2D eigenvalue weighted by molar-refractivity contribution is 0.220. The van der Waals surface area contributed by atoms with Gasteiger partial charge in [-0.25, -0.2) is 0 Å². The molecule has 0 heteroatoms. The highest BCUT2D eigenvalue weighted by Crippen LogP contribution is 2.44. The third-order valence-electron chi connectivity index (χ3n) is 5.61. The second-order valence-electron chi connectivity index (χ2n) is 6.85. The van der Waals surface area contributed by atoms with Crippen molar-refractivity contribution >= 4 is 0 Å². The van der Waals surface area contributed by atoms with Gasteiger partial charge in [-0.15, -0.1) is 6.58 Å². The van der Waals surface area contributed by atoms with E-state index in [9.17, 15) is 0 Å². The lowest BCUT2D eigenvalue weighted by atomic mass is 9.75. The van der Waals surface area contributed by atoms with Gasteiger partial charge < -0.3 is 0 Å². The molecular weight excluding hydrogens is 216 g/mol. The summed E-state index contributed by atoms with van der Waals surface area (Å²) in [5, 5.41) is 0. The molecule has 0 aromatic heterocycles. The lowest BCUT2D eigenvalue weighted by Gasteiger charge is -2.31. The van der Waals surface area contributed by atoms with Gasteiger partial charge >= 0.3 is 0 Å². The van der Waals surface area contributed by atoms with Crippen molar-refractivity contribution in [1.29, 1.82) is 0 Å². The van der Waals surface area contributed by atoms with Crippen molar-refractivity contribution in [1.82, 2.24) is 0 Å². The maximum Gasteiger partial charge on any atom is -0.0236 e. The molecule has 2 fully saturated rings. The SMILES string of the molecule is C=CC1CCC(C2CCC(CCCCC)C2)CC1. The van der Waals surface area contributed by atoms with Crippen LogP contribution in [-0.4, -0.2) is 0 Å². The predicted octanol–water partition coefficient (Wildman–Crippen LogP) is 5.98. The molecule has 0 heterocycles. The third kappa shape index (κ3) is 3.87. The summed E-state index contributed by atoms with van der Waals surface area (Å²) in [5.41, 5.74) is 0. The highest BCUT2D eigenvalue weighted by molar-refractivity contribution is 4.88. The van der Waals surface area contributed by atoms with Crippen LogP contribution in [0.1, 0.15) is 77.6 Å². The van der Waals surface area contributed by atoms with E-state index in [-0.39, 0.29) is 0 Å². The summed E-state index contributed by atoms with van der Waals surface area (Å²) in [5.74, 6) is 4.07. The smallest absolute Gasteiger partial charge is 0.0236 e. The summed E-state index contributed by atoms with van der Waals surface area (Å²) < 4.78 is 0. The molecule has 0 saturated heterocycles. The summed E-state index contributed by atoms with van der Waals surface area (Å²) in [6.07, 6.45) is 18.5. The molecule has 0 amide bonds. The standard InChI is InChI=1S/C18H32/c1-3-5-6-7-16-10-13-18(14-16)17-11-8-15(4-2)9-12-17/h4,15-18H,2-3,5-14H2,1H3. The molecule has 104 valence electrons. The van der Waals surface area contributed by atoms with E-state index in [0.29, 0.717) is 0 Å². The molecule has 2 unspecified atom stereocenters. The zero-order valence-corrected chi connectivity index (χ0v) is 12.4. The molecule has 2 rings (SSSR count). The molecule has 2 saturated carbocycles. The topological polar surface area (TPSA) is 0 Å². The second kappa shape index (κ2) is 7.36. The number of hydrogen-bond acceptors (Lipinski definition) is 0. The van der Waals surface area contributed by atoms with Crippen LogP contribution >= 0.6 is 0 Å². The van der Waals surface area contributed by atoms with E-state index in [1.807, 2.05) is 0 Å². The Morgan fingerprint density at radius 2 is 1.67 bits per heavy atom. The summed E-state index contributed by atoms with van der Waals surface area (Å²) in [7, 11) is 0. The number of rotatable bonds is 6. The summed E-state index contributed by atoms with van der Waals surface area (Å²) >= 11 is 0. The minimum Gasteiger partial charge on any atom is -0.103 e. The van der Waals surface area contributed by atoms with Gasteiger partial charge in [0.2, 0.25) is 0 Å². The van der Waals surface area contributed by atoms with Gasteiger partial charge in [-0.1, -0.05) is 45.1 Å². The van der Waals surface area contributed by atoms with Crippen LogP contribution in [0, 0.1) is 23.7 Å². The van der Waals surface area contributed by atoms with E-state index in [2.05, 4.69) is 19.6 Å². The Balaban J connectivity index is 1.67. The van der Waals surface area contributed by atoms with Crippen LogP contribution in [0.3, 0.4) is 0 Å². The first-order chi connectivity index (χ1) is 8.83. The van der Waals surface area contributed by atoms with Gasteiger partial charge in [0.1, 0.15) is 0 Å². The van der Waals surface area contributed by atoms with E-state index in [0.717, 1.165) is 23.7 Å². The zero-order chi connectivity index (χ0) is 12.8. The van der Waals surface area contributed by atoms with Crippen molar-refractivity contribution in [2.24, 2.45) is 23.7 Å². The van der Waals surface area contributed by atoms with Crippen LogP contribution in [0.5, 0.6) is 0 Å². The van der Waals surface area contributed by atoms with Crippen LogP contribution in [0.15, 0.2) is 12.7 Å². The molecule has 0 N–H and O–H groups in total. The molecule has 2 atom stereocenters. The highest BCUT2D eigenvalue weighted by atomic mass is 14.4. The van der Waals surface area contributed by atoms with Gasteiger partial charge in [-0.2, -0.15) is 0 Å². The van der Waals surface area contributed by atoms with Gasteiger partial charge in [0.25, 0.3) is 0 Å². The van der Waals surface area contributed by atoms with Gasteiger partial charge in [0.05, 0.1) is 0 Å². The Morgan fingerprint density at radius 1 is 0.944 bits per heavy atom. The van der Waals surface area contributed by atoms with Crippen LogP contribution in [0.2, 0.25) is 0 Å². The monoisotopic (exact) mass is 248 g/mol. The van der Waals surface area contributed by atoms with Crippen molar-refractivity contribution in [2.45, 2.75) is 77.6 Å². The first-order valence-corrected chi connectivity index (χ1v) is 8.46. The van der Waals surface area contributed by atoms with E-state index < -0.39 is 0 Å². The fourth-order valence-electron chi connectivity index (χ4n) is 4.34. The Morgan fingerprint density at radius 3 is 2.33 bits per heavy atom. The van der Waals surface area contributed by atoms with Crippen LogP contribution in [0.4, 0.5) is 0 Å². The molecule has 0 aromatic rings. The molecule has 0 aliphatic heterocycles. The van der Waals surface area contributed by atoms with E-state index in [1.54, 1.807) is 12.8 Å². The number of unbranched alkanes of at least 4 members (excludes halogenated alkanes) is 2. The minimum absolute atomic E-state index is 0.836. The molecule has 2 aliphatic carbocycles. The van der Waals surface area contributed by atoms with Gasteiger partial charge in [0, 0.05) is 0 Å². The fraction of sp³-hybridized carbons (Fsp3) is 0.889. The van der Waals surface area contributed by atoms with Crippen LogP contribution in [-0.2, 0) is 0 Å². The Kier molecular flexibility index (Phi) is 5.79. The van der Waals surface area contributed by atoms with Crippen molar-refractivity contribution in [3.8, 4) is 0 Å².